The van der Waals surface area contributed by atoms with E-state index in [1.165, 1.54) is 36.9 Å². The zero-order valence-corrected chi connectivity index (χ0v) is 13.7. The molecule has 9 heteroatoms. The minimum atomic E-state index is -3.95. The second-order valence-electron chi connectivity index (χ2n) is 5.16. The lowest BCUT2D eigenvalue weighted by Crippen LogP contribution is -2.18. The van der Waals surface area contributed by atoms with Gasteiger partial charge in [0.2, 0.25) is 0 Å². The number of hydrogen-bond donors (Lipinski definition) is 1. The average Bonchev–Trinajstić information content (AvgIpc) is 3.10. The number of nitrogens with zero attached hydrogens (tertiary/aromatic N) is 1. The summed E-state index contributed by atoms with van der Waals surface area (Å²) in [5.74, 6) is -1.13. The Morgan fingerprint density at radius 3 is 2.75 bits per heavy atom. The lowest BCUT2D eigenvalue weighted by Gasteiger charge is -2.10. The van der Waals surface area contributed by atoms with E-state index in [9.17, 15) is 18.0 Å². The van der Waals surface area contributed by atoms with Crippen LogP contribution in [0.25, 0.3) is 0 Å². The van der Waals surface area contributed by atoms with E-state index in [4.69, 9.17) is 4.74 Å². The molecule has 0 radical (unpaired) electrons. The first-order chi connectivity index (χ1) is 11.3. The number of nitrogens with one attached hydrogen (secondary N) is 1. The van der Waals surface area contributed by atoms with Crippen molar-refractivity contribution in [1.29, 1.82) is 0 Å². The van der Waals surface area contributed by atoms with Crippen LogP contribution in [0.5, 0.6) is 0 Å². The van der Waals surface area contributed by atoms with Crippen LogP contribution in [-0.4, -0.2) is 32.0 Å². The number of cyclic esters (lactones) is 1. The fourth-order valence-electron chi connectivity index (χ4n) is 2.46. The first-order valence-electron chi connectivity index (χ1n) is 6.90. The van der Waals surface area contributed by atoms with Crippen LogP contribution in [0.15, 0.2) is 35.4 Å². The lowest BCUT2D eigenvalue weighted by atomic mass is 10.1. The molecule has 0 spiro atoms. The number of benzene rings is 1. The second-order valence-corrected chi connectivity index (χ2v) is 6.79. The Hall–Kier alpha value is -2.81. The quantitative estimate of drug-likeness (QED) is 0.833. The molecule has 1 aromatic carbocycles. The van der Waals surface area contributed by atoms with Gasteiger partial charge in [-0.15, -0.1) is 0 Å². The van der Waals surface area contributed by atoms with E-state index in [-0.39, 0.29) is 23.0 Å². The van der Waals surface area contributed by atoms with Gasteiger partial charge in [-0.3, -0.25) is 4.72 Å². The molecule has 0 aliphatic carbocycles. The Balaban J connectivity index is 1.93. The monoisotopic (exact) mass is 350 g/mol. The predicted octanol–water partition coefficient (Wildman–Crippen LogP) is 1.28. The normalized spacial score (nSPS) is 13.3. The Morgan fingerprint density at radius 2 is 2.04 bits per heavy atom. The molecule has 8 nitrogen and oxygen atoms in total. The average molecular weight is 350 g/mol. The van der Waals surface area contributed by atoms with Crippen LogP contribution >= 0.6 is 0 Å². The summed E-state index contributed by atoms with van der Waals surface area (Å²) in [7, 11) is -1.29. The summed E-state index contributed by atoms with van der Waals surface area (Å²) in [6.45, 7) is 0.182. The molecule has 0 fully saturated rings. The van der Waals surface area contributed by atoms with E-state index >= 15 is 0 Å². The molecule has 0 bridgehead atoms. The highest BCUT2D eigenvalue weighted by Crippen LogP contribution is 2.25. The van der Waals surface area contributed by atoms with Gasteiger partial charge in [-0.05, 0) is 24.3 Å². The molecule has 0 unspecified atom stereocenters. The number of carbonyl (C=O) groups excluding carboxylic acids is 2. The molecule has 0 saturated carbocycles. The number of carbonyl (C=O) groups is 2. The first kappa shape index (κ1) is 16.1. The summed E-state index contributed by atoms with van der Waals surface area (Å²) in [5.41, 5.74) is 1.37. The molecule has 1 aliphatic heterocycles. The molecule has 1 aromatic heterocycles. The van der Waals surface area contributed by atoms with Crippen molar-refractivity contribution in [1.82, 2.24) is 4.57 Å². The molecule has 1 aliphatic rings. The van der Waals surface area contributed by atoms with Crippen molar-refractivity contribution < 1.29 is 27.5 Å². The van der Waals surface area contributed by atoms with Crippen LogP contribution in [0, 0.1) is 0 Å². The van der Waals surface area contributed by atoms with E-state index < -0.39 is 22.0 Å². The van der Waals surface area contributed by atoms with Crippen molar-refractivity contribution in [2.75, 3.05) is 11.8 Å². The summed E-state index contributed by atoms with van der Waals surface area (Å²) in [6.07, 6.45) is 0. The van der Waals surface area contributed by atoms with Crippen molar-refractivity contribution in [3.05, 3.63) is 47.2 Å². The van der Waals surface area contributed by atoms with Gasteiger partial charge in [0, 0.05) is 18.3 Å². The zero-order chi connectivity index (χ0) is 17.5. The third-order valence-corrected chi connectivity index (χ3v) is 5.15. The summed E-state index contributed by atoms with van der Waals surface area (Å²) in [6, 6.07) is 7.26. The van der Waals surface area contributed by atoms with E-state index in [2.05, 4.69) is 9.46 Å². The van der Waals surface area contributed by atoms with E-state index in [0.29, 0.717) is 11.1 Å². The maximum atomic E-state index is 12.5. The smallest absolute Gasteiger partial charge is 0.354 e. The Bertz CT molecular complexity index is 945. The Morgan fingerprint density at radius 1 is 1.29 bits per heavy atom. The standard InChI is InChI=1S/C15H14N2O6S/c1-17-12(15(19)22-2)5-6-13(17)24(20,21)16-10-4-3-9-8-23-14(18)11(9)7-10/h3-7,16H,8H2,1-2H3. The minimum Gasteiger partial charge on any atom is -0.464 e. The summed E-state index contributed by atoms with van der Waals surface area (Å²) < 4.78 is 38.1. The highest BCUT2D eigenvalue weighted by atomic mass is 32.2. The van der Waals surface area contributed by atoms with Gasteiger partial charge in [-0.1, -0.05) is 6.07 Å². The van der Waals surface area contributed by atoms with Crippen LogP contribution in [-0.2, 0) is 33.2 Å². The second kappa shape index (κ2) is 5.68. The summed E-state index contributed by atoms with van der Waals surface area (Å²) in [5, 5.41) is -0.106. The molecule has 126 valence electrons. The van der Waals surface area contributed by atoms with Crippen LogP contribution in [0.1, 0.15) is 26.4 Å². The third kappa shape index (κ3) is 2.62. The Kier molecular flexibility index (Phi) is 3.80. The highest BCUT2D eigenvalue weighted by molar-refractivity contribution is 7.92. The van der Waals surface area contributed by atoms with Crippen molar-refractivity contribution in [3.8, 4) is 0 Å². The van der Waals surface area contributed by atoms with E-state index in [1.54, 1.807) is 12.1 Å². The van der Waals surface area contributed by atoms with Gasteiger partial charge in [-0.2, -0.15) is 8.42 Å². The fourth-order valence-corrected chi connectivity index (χ4v) is 3.70. The van der Waals surface area contributed by atoms with E-state index in [1.807, 2.05) is 0 Å². The van der Waals surface area contributed by atoms with Crippen LogP contribution in [0.2, 0.25) is 0 Å². The topological polar surface area (TPSA) is 104 Å². The largest absolute Gasteiger partial charge is 0.464 e. The molecule has 0 atom stereocenters. The van der Waals surface area contributed by atoms with Crippen LogP contribution in [0.3, 0.4) is 0 Å². The predicted molar refractivity (Wildman–Crippen MR) is 83.1 cm³/mol. The molecule has 2 aromatic rings. The number of methoxy groups -OCH3 is 1. The maximum Gasteiger partial charge on any atom is 0.354 e. The van der Waals surface area contributed by atoms with Gasteiger partial charge < -0.3 is 14.0 Å². The van der Waals surface area contributed by atoms with Gasteiger partial charge in [0.1, 0.15) is 12.3 Å². The van der Waals surface area contributed by atoms with Gasteiger partial charge >= 0.3 is 11.9 Å². The number of esters is 2. The molecule has 0 amide bonds. The summed E-state index contributed by atoms with van der Waals surface area (Å²) >= 11 is 0. The molecule has 24 heavy (non-hydrogen) atoms. The van der Waals surface area contributed by atoms with Crippen LogP contribution in [0.4, 0.5) is 5.69 Å². The number of aromatic nitrogens is 1. The van der Waals surface area contributed by atoms with E-state index in [0.717, 1.165) is 0 Å². The minimum absolute atomic E-state index is 0.106. The number of anilines is 1. The van der Waals surface area contributed by atoms with Gasteiger partial charge in [-0.25, -0.2) is 9.59 Å². The fraction of sp³-hybridized carbons (Fsp3) is 0.200. The van der Waals surface area contributed by atoms with Gasteiger partial charge in [0.25, 0.3) is 10.0 Å². The van der Waals surface area contributed by atoms with Gasteiger partial charge in [0.15, 0.2) is 5.03 Å². The third-order valence-electron chi connectivity index (χ3n) is 3.69. The van der Waals surface area contributed by atoms with Crippen molar-refractivity contribution in [2.24, 2.45) is 7.05 Å². The SMILES string of the molecule is COC(=O)c1ccc(S(=O)(=O)Nc2ccc3c(c2)C(=O)OC3)n1C. The number of sulfonamides is 1. The maximum absolute atomic E-state index is 12.5. The zero-order valence-electron chi connectivity index (χ0n) is 12.9. The number of fused-ring (bicyclic) bond motifs is 1. The molecular weight excluding hydrogens is 336 g/mol. The van der Waals surface area contributed by atoms with Gasteiger partial charge in [0.05, 0.1) is 12.7 Å². The summed E-state index contributed by atoms with van der Waals surface area (Å²) in [4.78, 5) is 23.2. The number of rotatable bonds is 4. The number of ether oxygens (including phenoxy) is 2. The molecule has 0 saturated heterocycles. The Labute approximate surface area is 138 Å². The van der Waals surface area contributed by atoms with Crippen molar-refractivity contribution in [2.45, 2.75) is 11.6 Å². The molecular formula is C15H14N2O6S. The molecule has 2 heterocycles. The highest BCUT2D eigenvalue weighted by Gasteiger charge is 2.25. The first-order valence-corrected chi connectivity index (χ1v) is 8.38. The van der Waals surface area contributed by atoms with Crippen molar-refractivity contribution >= 4 is 27.6 Å². The lowest BCUT2D eigenvalue weighted by molar-refractivity contribution is 0.0533. The van der Waals surface area contributed by atoms with Crippen molar-refractivity contribution in [3.63, 3.8) is 0 Å². The number of hydrogen-bond acceptors (Lipinski definition) is 6. The van der Waals surface area contributed by atoms with Crippen LogP contribution < -0.4 is 4.72 Å². The molecule has 3 rings (SSSR count). The molecule has 1 N–H and O–H groups in total.